The maximum Gasteiger partial charge on any atom is 0.129 e. The van der Waals surface area contributed by atoms with E-state index in [9.17, 15) is 8.78 Å². The number of halogens is 2. The van der Waals surface area contributed by atoms with Gasteiger partial charge in [0.25, 0.3) is 0 Å². The highest BCUT2D eigenvalue weighted by Gasteiger charge is 2.26. The van der Waals surface area contributed by atoms with Gasteiger partial charge in [0.1, 0.15) is 11.6 Å². The molecular formula is C17H27F2NO. The summed E-state index contributed by atoms with van der Waals surface area (Å²) in [6.45, 7) is 9.54. The van der Waals surface area contributed by atoms with Gasteiger partial charge in [-0.25, -0.2) is 8.78 Å². The molecule has 21 heavy (non-hydrogen) atoms. The molecule has 1 aromatic rings. The van der Waals surface area contributed by atoms with E-state index >= 15 is 0 Å². The standard InChI is InChI=1S/C17H27F2NO/c1-5-10-20-16(17(12(3)4)21-6-2)11-13-14(18)8-7-9-15(13)19/h7-9,12,16-17,20H,5-6,10-11H2,1-4H3. The lowest BCUT2D eigenvalue weighted by Gasteiger charge is -2.31. The first kappa shape index (κ1) is 18.1. The van der Waals surface area contributed by atoms with Crippen molar-refractivity contribution in [3.8, 4) is 0 Å². The number of hydrogen-bond donors (Lipinski definition) is 1. The van der Waals surface area contributed by atoms with Crippen LogP contribution in [-0.2, 0) is 11.2 Å². The van der Waals surface area contributed by atoms with Gasteiger partial charge in [0.05, 0.1) is 6.10 Å². The van der Waals surface area contributed by atoms with Gasteiger partial charge in [-0.3, -0.25) is 0 Å². The molecule has 0 aromatic heterocycles. The monoisotopic (exact) mass is 299 g/mol. The molecule has 2 unspecified atom stereocenters. The van der Waals surface area contributed by atoms with Gasteiger partial charge in [0.15, 0.2) is 0 Å². The Morgan fingerprint density at radius 2 is 1.76 bits per heavy atom. The van der Waals surface area contributed by atoms with E-state index in [1.807, 2.05) is 6.92 Å². The zero-order valence-electron chi connectivity index (χ0n) is 13.5. The summed E-state index contributed by atoms with van der Waals surface area (Å²) < 4.78 is 33.6. The first-order valence-electron chi connectivity index (χ1n) is 7.79. The van der Waals surface area contributed by atoms with Crippen LogP contribution in [0.1, 0.15) is 39.7 Å². The van der Waals surface area contributed by atoms with Crippen LogP contribution in [0.25, 0.3) is 0 Å². The molecule has 0 aliphatic rings. The quantitative estimate of drug-likeness (QED) is 0.746. The lowest BCUT2D eigenvalue weighted by atomic mass is 9.93. The predicted molar refractivity (Wildman–Crippen MR) is 82.4 cm³/mol. The van der Waals surface area contributed by atoms with Gasteiger partial charge in [0.2, 0.25) is 0 Å². The van der Waals surface area contributed by atoms with Crippen molar-refractivity contribution < 1.29 is 13.5 Å². The Morgan fingerprint density at radius 3 is 2.24 bits per heavy atom. The van der Waals surface area contributed by atoms with Gasteiger partial charge in [-0.05, 0) is 44.4 Å². The van der Waals surface area contributed by atoms with E-state index in [-0.39, 0.29) is 23.6 Å². The normalized spacial score (nSPS) is 14.4. The Labute approximate surface area is 126 Å². The van der Waals surface area contributed by atoms with Gasteiger partial charge in [-0.1, -0.05) is 26.8 Å². The Kier molecular flexibility index (Phi) is 7.83. The molecule has 0 radical (unpaired) electrons. The highest BCUT2D eigenvalue weighted by Crippen LogP contribution is 2.20. The maximum atomic E-state index is 13.9. The highest BCUT2D eigenvalue weighted by molar-refractivity contribution is 5.21. The van der Waals surface area contributed by atoms with Crippen molar-refractivity contribution in [3.63, 3.8) is 0 Å². The Hall–Kier alpha value is -1.00. The van der Waals surface area contributed by atoms with Crippen LogP contribution in [0.5, 0.6) is 0 Å². The molecule has 0 amide bonds. The molecule has 0 aliphatic carbocycles. The lowest BCUT2D eigenvalue weighted by Crippen LogP contribution is -2.46. The van der Waals surface area contributed by atoms with E-state index in [1.165, 1.54) is 18.2 Å². The molecule has 0 spiro atoms. The van der Waals surface area contributed by atoms with Gasteiger partial charge in [-0.2, -0.15) is 0 Å². The van der Waals surface area contributed by atoms with Gasteiger partial charge >= 0.3 is 0 Å². The van der Waals surface area contributed by atoms with E-state index in [0.717, 1.165) is 13.0 Å². The molecule has 0 bridgehead atoms. The average molecular weight is 299 g/mol. The van der Waals surface area contributed by atoms with E-state index in [2.05, 4.69) is 26.1 Å². The number of rotatable bonds is 9. The molecule has 1 aromatic carbocycles. The minimum atomic E-state index is -0.489. The Bertz CT molecular complexity index is 403. The summed E-state index contributed by atoms with van der Waals surface area (Å²) in [4.78, 5) is 0. The highest BCUT2D eigenvalue weighted by atomic mass is 19.1. The van der Waals surface area contributed by atoms with Gasteiger partial charge in [-0.15, -0.1) is 0 Å². The molecule has 2 nitrogen and oxygen atoms in total. The van der Waals surface area contributed by atoms with Crippen LogP contribution >= 0.6 is 0 Å². The van der Waals surface area contributed by atoms with Crippen molar-refractivity contribution in [1.82, 2.24) is 5.32 Å². The fraction of sp³-hybridized carbons (Fsp3) is 0.647. The largest absolute Gasteiger partial charge is 0.377 e. The summed E-state index contributed by atoms with van der Waals surface area (Å²) >= 11 is 0. The second-order valence-corrected chi connectivity index (χ2v) is 5.63. The molecular weight excluding hydrogens is 272 g/mol. The third-order valence-corrected chi connectivity index (χ3v) is 3.56. The summed E-state index contributed by atoms with van der Waals surface area (Å²) in [6.07, 6.45) is 1.19. The number of benzene rings is 1. The second-order valence-electron chi connectivity index (χ2n) is 5.63. The lowest BCUT2D eigenvalue weighted by molar-refractivity contribution is 0.00328. The third kappa shape index (κ3) is 5.36. The summed E-state index contributed by atoms with van der Waals surface area (Å²) in [6, 6.07) is 3.91. The van der Waals surface area contributed by atoms with E-state index < -0.39 is 11.6 Å². The van der Waals surface area contributed by atoms with Crippen molar-refractivity contribution in [2.45, 2.75) is 52.7 Å². The van der Waals surface area contributed by atoms with Crippen LogP contribution in [0.3, 0.4) is 0 Å². The van der Waals surface area contributed by atoms with E-state index in [0.29, 0.717) is 13.0 Å². The van der Waals surface area contributed by atoms with Crippen molar-refractivity contribution >= 4 is 0 Å². The van der Waals surface area contributed by atoms with Crippen LogP contribution < -0.4 is 5.32 Å². The maximum absolute atomic E-state index is 13.9. The molecule has 1 N–H and O–H groups in total. The molecule has 0 fully saturated rings. The van der Waals surface area contributed by atoms with Crippen LogP contribution in [0.15, 0.2) is 18.2 Å². The van der Waals surface area contributed by atoms with Crippen molar-refractivity contribution in [1.29, 1.82) is 0 Å². The Morgan fingerprint density at radius 1 is 1.14 bits per heavy atom. The molecule has 4 heteroatoms. The molecule has 120 valence electrons. The summed E-state index contributed by atoms with van der Waals surface area (Å²) in [5.74, 6) is -0.705. The predicted octanol–water partition coefficient (Wildman–Crippen LogP) is 3.94. The number of nitrogens with one attached hydrogen (secondary N) is 1. The molecule has 1 rings (SSSR count). The minimum absolute atomic E-state index is 0.0689. The van der Waals surface area contributed by atoms with Crippen LogP contribution in [-0.4, -0.2) is 25.3 Å². The fourth-order valence-electron chi connectivity index (χ4n) is 2.55. The molecule has 0 saturated heterocycles. The molecule has 2 atom stereocenters. The first-order valence-corrected chi connectivity index (χ1v) is 7.79. The van der Waals surface area contributed by atoms with Gasteiger partial charge < -0.3 is 10.1 Å². The fourth-order valence-corrected chi connectivity index (χ4v) is 2.55. The topological polar surface area (TPSA) is 21.3 Å². The van der Waals surface area contributed by atoms with E-state index in [4.69, 9.17) is 4.74 Å². The summed E-state index contributed by atoms with van der Waals surface area (Å²) in [5.41, 5.74) is 0.136. The van der Waals surface area contributed by atoms with Gasteiger partial charge in [0, 0.05) is 18.2 Å². The first-order chi connectivity index (χ1) is 10.0. The molecule has 0 aliphatic heterocycles. The SMILES string of the molecule is CCCNC(Cc1c(F)cccc1F)C(OCC)C(C)C. The minimum Gasteiger partial charge on any atom is -0.377 e. The van der Waals surface area contributed by atoms with Crippen LogP contribution in [0, 0.1) is 17.6 Å². The zero-order valence-corrected chi connectivity index (χ0v) is 13.5. The molecule has 0 saturated carbocycles. The Balaban J connectivity index is 2.95. The van der Waals surface area contributed by atoms with Crippen molar-refractivity contribution in [2.75, 3.05) is 13.2 Å². The summed E-state index contributed by atoms with van der Waals surface area (Å²) in [5, 5.41) is 3.38. The second kappa shape index (κ2) is 9.11. The number of ether oxygens (including phenoxy) is 1. The van der Waals surface area contributed by atoms with Crippen molar-refractivity contribution in [3.05, 3.63) is 35.4 Å². The third-order valence-electron chi connectivity index (χ3n) is 3.56. The van der Waals surface area contributed by atoms with Crippen LogP contribution in [0.2, 0.25) is 0 Å². The van der Waals surface area contributed by atoms with Crippen molar-refractivity contribution in [2.24, 2.45) is 5.92 Å². The molecule has 0 heterocycles. The average Bonchev–Trinajstić information content (AvgIpc) is 2.44. The smallest absolute Gasteiger partial charge is 0.129 e. The number of hydrogen-bond acceptors (Lipinski definition) is 2. The zero-order chi connectivity index (χ0) is 15.8. The van der Waals surface area contributed by atoms with Crippen LogP contribution in [0.4, 0.5) is 8.78 Å². The van der Waals surface area contributed by atoms with E-state index in [1.54, 1.807) is 0 Å². The summed E-state index contributed by atoms with van der Waals surface area (Å²) in [7, 11) is 0.